The van der Waals surface area contributed by atoms with E-state index in [2.05, 4.69) is 5.32 Å². The van der Waals surface area contributed by atoms with Crippen LogP contribution in [0.5, 0.6) is 0 Å². The number of carbonyl (C=O) groups excluding carboxylic acids is 2. The van der Waals surface area contributed by atoms with Crippen molar-refractivity contribution in [1.82, 2.24) is 14.5 Å². The molecule has 1 aromatic carbocycles. The van der Waals surface area contributed by atoms with Crippen LogP contribution in [0, 0.1) is 5.82 Å². The lowest BCUT2D eigenvalue weighted by Gasteiger charge is -2.34. The Bertz CT molecular complexity index is 940. The van der Waals surface area contributed by atoms with E-state index in [1.807, 2.05) is 0 Å². The van der Waals surface area contributed by atoms with Crippen LogP contribution in [0.25, 0.3) is 0 Å². The molecule has 0 atom stereocenters. The first-order valence-electron chi connectivity index (χ1n) is 8.72. The van der Waals surface area contributed by atoms with Gasteiger partial charge in [-0.2, -0.15) is 15.6 Å². The highest BCUT2D eigenvalue weighted by molar-refractivity contribution is 7.89. The number of nitrogens with zero attached hydrogens (tertiary/aromatic N) is 2. The van der Waals surface area contributed by atoms with Crippen molar-refractivity contribution in [2.45, 2.75) is 11.3 Å². The number of piperazine rings is 1. The molecule has 2 amide bonds. The lowest BCUT2D eigenvalue weighted by Crippen LogP contribution is -2.51. The number of rotatable bonds is 6. The summed E-state index contributed by atoms with van der Waals surface area (Å²) in [6, 6.07) is 6.95. The molecule has 1 fully saturated rings. The third kappa shape index (κ3) is 4.57. The van der Waals surface area contributed by atoms with E-state index in [4.69, 9.17) is 0 Å². The Kier molecular flexibility index (Phi) is 6.42. The Morgan fingerprint density at radius 3 is 2.46 bits per heavy atom. The molecule has 2 heterocycles. The molecule has 3 rings (SSSR count). The van der Waals surface area contributed by atoms with Gasteiger partial charge in [0.25, 0.3) is 5.91 Å². The summed E-state index contributed by atoms with van der Waals surface area (Å²) in [4.78, 5) is 25.3. The fourth-order valence-corrected chi connectivity index (χ4v) is 5.03. The molecule has 1 saturated heterocycles. The zero-order valence-electron chi connectivity index (χ0n) is 15.0. The molecule has 7 nitrogen and oxygen atoms in total. The van der Waals surface area contributed by atoms with Crippen molar-refractivity contribution in [3.63, 3.8) is 0 Å². The fourth-order valence-electron chi connectivity index (χ4n) is 2.91. The zero-order valence-corrected chi connectivity index (χ0v) is 16.6. The number of hydrogen-bond acceptors (Lipinski definition) is 5. The maximum Gasteiger partial charge on any atom is 0.252 e. The molecule has 28 heavy (non-hydrogen) atoms. The number of nitrogens with one attached hydrogen (secondary N) is 1. The summed E-state index contributed by atoms with van der Waals surface area (Å²) in [5.74, 6) is -1.18. The minimum Gasteiger partial charge on any atom is -0.351 e. The van der Waals surface area contributed by atoms with Crippen molar-refractivity contribution in [2.75, 3.05) is 32.7 Å². The van der Waals surface area contributed by atoms with Crippen LogP contribution in [-0.4, -0.2) is 62.2 Å². The largest absolute Gasteiger partial charge is 0.351 e. The predicted molar refractivity (Wildman–Crippen MR) is 103 cm³/mol. The Morgan fingerprint density at radius 2 is 1.82 bits per heavy atom. The van der Waals surface area contributed by atoms with Gasteiger partial charge in [0.1, 0.15) is 10.7 Å². The number of carbonyl (C=O) groups is 2. The minimum atomic E-state index is -3.93. The Morgan fingerprint density at radius 1 is 1.11 bits per heavy atom. The van der Waals surface area contributed by atoms with Gasteiger partial charge in [0.05, 0.1) is 0 Å². The number of amides is 2. The van der Waals surface area contributed by atoms with Gasteiger partial charge < -0.3 is 10.2 Å². The fraction of sp³-hybridized carbons (Fsp3) is 0.333. The lowest BCUT2D eigenvalue weighted by atomic mass is 10.3. The van der Waals surface area contributed by atoms with Crippen LogP contribution < -0.4 is 5.32 Å². The highest BCUT2D eigenvalue weighted by Crippen LogP contribution is 2.20. The summed E-state index contributed by atoms with van der Waals surface area (Å²) in [6.45, 7) is 0.866. The van der Waals surface area contributed by atoms with E-state index in [1.54, 1.807) is 21.7 Å². The van der Waals surface area contributed by atoms with E-state index < -0.39 is 15.8 Å². The van der Waals surface area contributed by atoms with Crippen LogP contribution in [0.1, 0.15) is 16.8 Å². The van der Waals surface area contributed by atoms with Crippen molar-refractivity contribution in [3.8, 4) is 0 Å². The third-order valence-electron chi connectivity index (χ3n) is 4.45. The number of hydrogen-bond donors (Lipinski definition) is 1. The first kappa shape index (κ1) is 20.4. The normalized spacial score (nSPS) is 15.4. The number of benzene rings is 1. The Labute approximate surface area is 166 Å². The van der Waals surface area contributed by atoms with Crippen molar-refractivity contribution in [1.29, 1.82) is 0 Å². The molecule has 0 radical (unpaired) electrons. The van der Waals surface area contributed by atoms with Crippen molar-refractivity contribution in [3.05, 3.63) is 52.5 Å². The molecular formula is C18H20FN3O4S2. The second-order valence-corrected chi connectivity index (χ2v) is 8.92. The van der Waals surface area contributed by atoms with Gasteiger partial charge >= 0.3 is 0 Å². The van der Waals surface area contributed by atoms with Crippen LogP contribution in [0.2, 0.25) is 0 Å². The molecule has 0 aliphatic carbocycles. The van der Waals surface area contributed by atoms with E-state index in [0.29, 0.717) is 5.56 Å². The van der Waals surface area contributed by atoms with E-state index in [-0.39, 0.29) is 55.9 Å². The first-order valence-corrected chi connectivity index (χ1v) is 11.1. The van der Waals surface area contributed by atoms with Crippen LogP contribution in [0.4, 0.5) is 4.39 Å². The van der Waals surface area contributed by atoms with Crippen LogP contribution in [0.3, 0.4) is 0 Å². The van der Waals surface area contributed by atoms with Crippen LogP contribution in [-0.2, 0) is 14.8 Å². The average molecular weight is 426 g/mol. The number of sulfonamides is 1. The topological polar surface area (TPSA) is 86.8 Å². The summed E-state index contributed by atoms with van der Waals surface area (Å²) in [7, 11) is -3.93. The molecule has 1 N–H and O–H groups in total. The molecule has 0 saturated carbocycles. The zero-order chi connectivity index (χ0) is 20.1. The van der Waals surface area contributed by atoms with Crippen LogP contribution >= 0.6 is 11.3 Å². The van der Waals surface area contributed by atoms with Gasteiger partial charge in [0.15, 0.2) is 0 Å². The quantitative estimate of drug-likeness (QED) is 0.761. The van der Waals surface area contributed by atoms with E-state index >= 15 is 0 Å². The number of thiophene rings is 1. The highest BCUT2D eigenvalue weighted by atomic mass is 32.2. The summed E-state index contributed by atoms with van der Waals surface area (Å²) in [6.07, 6.45) is 0.135. The molecule has 10 heteroatoms. The molecule has 1 aliphatic rings. The molecule has 150 valence electrons. The molecular weight excluding hydrogens is 405 g/mol. The van der Waals surface area contributed by atoms with Gasteiger partial charge in [-0.15, -0.1) is 0 Å². The standard InChI is InChI=1S/C18H20FN3O4S2/c19-15-3-1-2-4-16(15)28(25,26)22-10-8-21(9-11-22)17(23)5-7-20-18(24)14-6-12-27-13-14/h1-4,6,12-13H,5,7-11H2,(H,20,24). The van der Waals surface area contributed by atoms with Gasteiger partial charge in [-0.05, 0) is 23.6 Å². The monoisotopic (exact) mass is 425 g/mol. The predicted octanol–water partition coefficient (Wildman–Crippen LogP) is 1.54. The van der Waals surface area contributed by atoms with Gasteiger partial charge in [0.2, 0.25) is 15.9 Å². The minimum absolute atomic E-state index is 0.101. The summed E-state index contributed by atoms with van der Waals surface area (Å²) < 4.78 is 40.2. The molecule has 2 aromatic rings. The first-order chi connectivity index (χ1) is 13.4. The molecule has 1 aromatic heterocycles. The molecule has 0 spiro atoms. The maximum absolute atomic E-state index is 13.8. The second-order valence-electron chi connectivity index (χ2n) is 6.23. The van der Waals surface area contributed by atoms with Gasteiger partial charge in [0, 0.05) is 50.1 Å². The number of halogens is 1. The molecule has 0 unspecified atom stereocenters. The molecule has 0 bridgehead atoms. The Balaban J connectivity index is 1.49. The summed E-state index contributed by atoms with van der Waals surface area (Å²) in [5, 5.41) is 6.22. The third-order valence-corrected chi connectivity index (χ3v) is 7.07. The maximum atomic E-state index is 13.8. The lowest BCUT2D eigenvalue weighted by molar-refractivity contribution is -0.132. The van der Waals surface area contributed by atoms with Crippen LogP contribution in [0.15, 0.2) is 46.0 Å². The Hall–Kier alpha value is -2.30. The van der Waals surface area contributed by atoms with E-state index in [1.165, 1.54) is 33.8 Å². The van der Waals surface area contributed by atoms with E-state index in [0.717, 1.165) is 6.07 Å². The van der Waals surface area contributed by atoms with Gasteiger partial charge in [-0.25, -0.2) is 12.8 Å². The second kappa shape index (κ2) is 8.80. The highest BCUT2D eigenvalue weighted by Gasteiger charge is 2.31. The van der Waals surface area contributed by atoms with Crippen molar-refractivity contribution < 1.29 is 22.4 Å². The van der Waals surface area contributed by atoms with Crippen molar-refractivity contribution >= 4 is 33.2 Å². The molecule has 1 aliphatic heterocycles. The van der Waals surface area contributed by atoms with E-state index in [9.17, 15) is 22.4 Å². The van der Waals surface area contributed by atoms with Gasteiger partial charge in [-0.1, -0.05) is 12.1 Å². The summed E-state index contributed by atoms with van der Waals surface area (Å²) >= 11 is 1.42. The van der Waals surface area contributed by atoms with Crippen molar-refractivity contribution in [2.24, 2.45) is 0 Å². The van der Waals surface area contributed by atoms with Gasteiger partial charge in [-0.3, -0.25) is 9.59 Å². The SMILES string of the molecule is O=C(NCCC(=O)N1CCN(S(=O)(=O)c2ccccc2F)CC1)c1ccsc1. The average Bonchev–Trinajstić information content (AvgIpc) is 3.23. The summed E-state index contributed by atoms with van der Waals surface area (Å²) in [5.41, 5.74) is 0.560. The smallest absolute Gasteiger partial charge is 0.252 e.